The molecule has 0 saturated carbocycles. The number of nitrogens with zero attached hydrogens (tertiary/aromatic N) is 3. The van der Waals surface area contributed by atoms with Crippen LogP contribution in [0.25, 0.3) is 0 Å². The third-order valence-electron chi connectivity index (χ3n) is 1.69. The van der Waals surface area contributed by atoms with Crippen molar-refractivity contribution >= 4 is 5.82 Å². The molecule has 72 valence electrons. The Morgan fingerprint density at radius 1 is 1.46 bits per heavy atom. The maximum Gasteiger partial charge on any atom is 0.233 e. The summed E-state index contributed by atoms with van der Waals surface area (Å²) in [7, 11) is 3.48. The number of likely N-dealkylation sites (N-methyl/N-ethyl adjacent to an activating group) is 1. The van der Waals surface area contributed by atoms with Crippen molar-refractivity contribution in [1.82, 2.24) is 10.2 Å². The molecule has 0 aliphatic carbocycles. The van der Waals surface area contributed by atoms with E-state index < -0.39 is 0 Å². The highest BCUT2D eigenvalue weighted by atomic mass is 16.5. The van der Waals surface area contributed by atoms with Gasteiger partial charge in [0.2, 0.25) is 5.88 Å². The van der Waals surface area contributed by atoms with Crippen LogP contribution in [0, 0.1) is 0 Å². The maximum absolute atomic E-state index is 5.41. The highest BCUT2D eigenvalue weighted by Gasteiger charge is 2.01. The number of nitrogens with two attached hydrogens (primary N) is 1. The van der Waals surface area contributed by atoms with Gasteiger partial charge in [-0.3, -0.25) is 0 Å². The van der Waals surface area contributed by atoms with E-state index in [4.69, 9.17) is 10.5 Å². The Labute approximate surface area is 77.5 Å². The molecule has 0 radical (unpaired) electrons. The lowest BCUT2D eigenvalue weighted by Gasteiger charge is -2.15. The average Bonchev–Trinajstić information content (AvgIpc) is 2.18. The van der Waals surface area contributed by atoms with Crippen LogP contribution in [0.3, 0.4) is 0 Å². The van der Waals surface area contributed by atoms with Crippen LogP contribution in [-0.2, 0) is 0 Å². The Morgan fingerprint density at radius 2 is 2.23 bits per heavy atom. The van der Waals surface area contributed by atoms with E-state index in [1.165, 1.54) is 0 Å². The lowest BCUT2D eigenvalue weighted by Crippen LogP contribution is -2.25. The summed E-state index contributed by atoms with van der Waals surface area (Å²) in [5, 5.41) is 7.81. The van der Waals surface area contributed by atoms with Crippen molar-refractivity contribution < 1.29 is 4.74 Å². The average molecular weight is 182 g/mol. The number of ether oxygens (including phenoxy) is 1. The van der Waals surface area contributed by atoms with Gasteiger partial charge in [0, 0.05) is 26.2 Å². The second-order valence-corrected chi connectivity index (χ2v) is 2.64. The van der Waals surface area contributed by atoms with Crippen molar-refractivity contribution in [2.24, 2.45) is 5.73 Å². The first-order chi connectivity index (χ1) is 6.27. The molecule has 13 heavy (non-hydrogen) atoms. The van der Waals surface area contributed by atoms with E-state index in [-0.39, 0.29) is 0 Å². The maximum atomic E-state index is 5.41. The lowest BCUT2D eigenvalue weighted by molar-refractivity contribution is 0.392. The van der Waals surface area contributed by atoms with Crippen LogP contribution < -0.4 is 15.4 Å². The molecule has 0 unspecified atom stereocenters. The molecule has 0 aliphatic heterocycles. The van der Waals surface area contributed by atoms with E-state index in [0.29, 0.717) is 12.4 Å². The Kier molecular flexibility index (Phi) is 3.45. The molecule has 0 spiro atoms. The molecule has 1 aromatic heterocycles. The zero-order chi connectivity index (χ0) is 9.68. The topological polar surface area (TPSA) is 64.3 Å². The number of rotatable bonds is 4. The Balaban J connectivity index is 2.67. The van der Waals surface area contributed by atoms with Crippen molar-refractivity contribution in [1.29, 1.82) is 0 Å². The summed E-state index contributed by atoms with van der Waals surface area (Å²) < 4.78 is 4.89. The molecule has 0 bridgehead atoms. The first-order valence-corrected chi connectivity index (χ1v) is 4.07. The van der Waals surface area contributed by atoms with Crippen LogP contribution in [0.15, 0.2) is 12.1 Å². The number of hydrogen-bond acceptors (Lipinski definition) is 5. The number of aromatic nitrogens is 2. The molecule has 0 fully saturated rings. The minimum absolute atomic E-state index is 0.518. The summed E-state index contributed by atoms with van der Waals surface area (Å²) in [4.78, 5) is 1.94. The molecular weight excluding hydrogens is 168 g/mol. The molecule has 1 rings (SSSR count). The summed E-state index contributed by atoms with van der Waals surface area (Å²) >= 11 is 0. The third kappa shape index (κ3) is 2.55. The minimum Gasteiger partial charge on any atom is -0.480 e. The first kappa shape index (κ1) is 9.73. The molecule has 1 heterocycles. The molecule has 0 aliphatic rings. The van der Waals surface area contributed by atoms with Crippen LogP contribution in [0.1, 0.15) is 0 Å². The summed E-state index contributed by atoms with van der Waals surface area (Å²) in [5.74, 6) is 1.32. The predicted octanol–water partition coefficient (Wildman–Crippen LogP) is -0.120. The number of anilines is 1. The van der Waals surface area contributed by atoms with Crippen molar-refractivity contribution in [3.05, 3.63) is 12.1 Å². The molecule has 0 atom stereocenters. The summed E-state index contributed by atoms with van der Waals surface area (Å²) in [6, 6.07) is 3.62. The van der Waals surface area contributed by atoms with Crippen molar-refractivity contribution in [2.75, 3.05) is 32.1 Å². The fourth-order valence-corrected chi connectivity index (χ4v) is 0.934. The van der Waals surface area contributed by atoms with Gasteiger partial charge in [-0.1, -0.05) is 0 Å². The monoisotopic (exact) mass is 182 g/mol. The summed E-state index contributed by atoms with van der Waals surface area (Å²) in [6.07, 6.45) is 0. The van der Waals surface area contributed by atoms with Gasteiger partial charge in [-0.25, -0.2) is 0 Å². The Bertz CT molecular complexity index is 249. The fourth-order valence-electron chi connectivity index (χ4n) is 0.934. The molecule has 0 saturated heterocycles. The SMILES string of the molecule is COc1ccc(N(C)CCN)nn1. The van der Waals surface area contributed by atoms with Crippen LogP contribution in [-0.4, -0.2) is 37.4 Å². The van der Waals surface area contributed by atoms with E-state index in [2.05, 4.69) is 10.2 Å². The van der Waals surface area contributed by atoms with E-state index >= 15 is 0 Å². The summed E-state index contributed by atoms with van der Waals surface area (Å²) in [5.41, 5.74) is 5.41. The van der Waals surface area contributed by atoms with Crippen LogP contribution in [0.2, 0.25) is 0 Å². The molecule has 5 heteroatoms. The van der Waals surface area contributed by atoms with Gasteiger partial charge in [0.05, 0.1) is 7.11 Å². The van der Waals surface area contributed by atoms with Crippen LogP contribution >= 0.6 is 0 Å². The molecule has 0 amide bonds. The normalized spacial score (nSPS) is 9.77. The van der Waals surface area contributed by atoms with Crippen LogP contribution in [0.5, 0.6) is 5.88 Å². The Morgan fingerprint density at radius 3 is 2.69 bits per heavy atom. The van der Waals surface area contributed by atoms with Gasteiger partial charge in [-0.05, 0) is 6.07 Å². The van der Waals surface area contributed by atoms with Crippen molar-refractivity contribution in [2.45, 2.75) is 0 Å². The van der Waals surface area contributed by atoms with Crippen molar-refractivity contribution in [3.8, 4) is 5.88 Å². The van der Waals surface area contributed by atoms with E-state index in [1.54, 1.807) is 13.2 Å². The van der Waals surface area contributed by atoms with Gasteiger partial charge >= 0.3 is 0 Å². The van der Waals surface area contributed by atoms with Crippen LogP contribution in [0.4, 0.5) is 5.82 Å². The Hall–Kier alpha value is -1.36. The second-order valence-electron chi connectivity index (χ2n) is 2.64. The van der Waals surface area contributed by atoms with Crippen molar-refractivity contribution in [3.63, 3.8) is 0 Å². The molecule has 0 aromatic carbocycles. The molecule has 2 N–H and O–H groups in total. The zero-order valence-electron chi connectivity index (χ0n) is 7.90. The van der Waals surface area contributed by atoms with E-state index in [1.807, 2.05) is 18.0 Å². The fraction of sp³-hybridized carbons (Fsp3) is 0.500. The zero-order valence-corrected chi connectivity index (χ0v) is 7.90. The second kappa shape index (κ2) is 4.61. The van der Waals surface area contributed by atoms with E-state index in [0.717, 1.165) is 12.4 Å². The van der Waals surface area contributed by atoms with Gasteiger partial charge < -0.3 is 15.4 Å². The third-order valence-corrected chi connectivity index (χ3v) is 1.69. The number of methoxy groups -OCH3 is 1. The standard InChI is InChI=1S/C8H14N4O/c1-12(6-5-9)7-3-4-8(13-2)11-10-7/h3-4H,5-6,9H2,1-2H3. The van der Waals surface area contributed by atoms with E-state index in [9.17, 15) is 0 Å². The number of hydrogen-bond donors (Lipinski definition) is 1. The molecule has 5 nitrogen and oxygen atoms in total. The van der Waals surface area contributed by atoms with Gasteiger partial charge in [-0.15, -0.1) is 10.2 Å². The quantitative estimate of drug-likeness (QED) is 0.703. The smallest absolute Gasteiger partial charge is 0.233 e. The van der Waals surface area contributed by atoms with Gasteiger partial charge in [0.15, 0.2) is 5.82 Å². The molecule has 1 aromatic rings. The minimum atomic E-state index is 0.518. The van der Waals surface area contributed by atoms with Gasteiger partial charge in [-0.2, -0.15) is 0 Å². The largest absolute Gasteiger partial charge is 0.480 e. The highest BCUT2D eigenvalue weighted by Crippen LogP contribution is 2.10. The lowest BCUT2D eigenvalue weighted by atomic mass is 10.4. The highest BCUT2D eigenvalue weighted by molar-refractivity contribution is 5.36. The molecular formula is C8H14N4O. The van der Waals surface area contributed by atoms with Gasteiger partial charge in [0.25, 0.3) is 0 Å². The first-order valence-electron chi connectivity index (χ1n) is 4.07. The predicted molar refractivity (Wildman–Crippen MR) is 50.9 cm³/mol. The summed E-state index contributed by atoms with van der Waals surface area (Å²) in [6.45, 7) is 1.37. The van der Waals surface area contributed by atoms with Gasteiger partial charge in [0.1, 0.15) is 0 Å².